The number of rotatable bonds is 31. The Morgan fingerprint density at radius 2 is 0.851 bits per heavy atom. The highest BCUT2D eigenvalue weighted by atomic mass is 16.6. The van der Waals surface area contributed by atoms with Crippen LogP contribution < -0.4 is 0 Å². The third-order valence-electron chi connectivity index (χ3n) is 7.45. The summed E-state index contributed by atoms with van der Waals surface area (Å²) in [4.78, 5) is 36.8. The van der Waals surface area contributed by atoms with Crippen molar-refractivity contribution >= 4 is 17.9 Å². The fraction of sp³-hybridized carbons (Fsp3) is 0.634. The normalized spacial score (nSPS) is 12.3. The third kappa shape index (κ3) is 34.0. The van der Waals surface area contributed by atoms with Gasteiger partial charge in [-0.1, -0.05) is 177 Å². The first-order chi connectivity index (χ1) is 23.0. The Hall–Kier alpha value is -3.15. The molecule has 0 rings (SSSR count). The van der Waals surface area contributed by atoms with Gasteiger partial charge in [-0.3, -0.25) is 9.59 Å². The van der Waals surface area contributed by atoms with E-state index in [0.29, 0.717) is 12.8 Å². The van der Waals surface area contributed by atoms with Gasteiger partial charge < -0.3 is 14.2 Å². The summed E-state index contributed by atoms with van der Waals surface area (Å²) in [6.45, 7) is 6.25. The Bertz CT molecular complexity index is 910. The molecule has 0 heterocycles. The lowest BCUT2D eigenvalue weighted by molar-refractivity contribution is -0.163. The second-order valence-corrected chi connectivity index (χ2v) is 12.0. The largest absolute Gasteiger partial charge is 0.462 e. The number of unbranched alkanes of at least 4 members (excludes halogenated alkanes) is 15. The standard InChI is InChI=1S/C41H66O6/c1-4-7-10-13-14-15-16-17-18-19-20-21-22-23-24-25-26-29-32-35-41(44)47-38(36-45-39(42)33-30-27-11-8-5-2)37-46-40(43)34-31-28-12-9-6-3/h18-26,29,32,35,38H,4-17,27-28,30-31,33-34,36-37H2,1-3H3. The van der Waals surface area contributed by atoms with E-state index in [2.05, 4.69) is 32.9 Å². The molecule has 0 saturated heterocycles. The predicted octanol–water partition coefficient (Wildman–Crippen LogP) is 11.2. The summed E-state index contributed by atoms with van der Waals surface area (Å²) in [6, 6.07) is 0. The average Bonchev–Trinajstić information content (AvgIpc) is 3.06. The minimum Gasteiger partial charge on any atom is -0.462 e. The zero-order chi connectivity index (χ0) is 34.5. The van der Waals surface area contributed by atoms with E-state index in [0.717, 1.165) is 70.6 Å². The van der Waals surface area contributed by atoms with E-state index in [1.165, 1.54) is 51.0 Å². The average molecular weight is 655 g/mol. The third-order valence-corrected chi connectivity index (χ3v) is 7.45. The van der Waals surface area contributed by atoms with Crippen molar-refractivity contribution in [2.45, 2.75) is 155 Å². The van der Waals surface area contributed by atoms with Gasteiger partial charge in [-0.05, 0) is 25.7 Å². The Balaban J connectivity index is 4.52. The molecule has 6 heteroatoms. The number of esters is 3. The van der Waals surface area contributed by atoms with Crippen molar-refractivity contribution in [2.75, 3.05) is 13.2 Å². The van der Waals surface area contributed by atoms with Gasteiger partial charge in [-0.25, -0.2) is 4.79 Å². The molecule has 0 fully saturated rings. The fourth-order valence-electron chi connectivity index (χ4n) is 4.62. The van der Waals surface area contributed by atoms with E-state index >= 15 is 0 Å². The van der Waals surface area contributed by atoms with Crippen molar-refractivity contribution in [3.63, 3.8) is 0 Å². The van der Waals surface area contributed by atoms with E-state index < -0.39 is 12.1 Å². The summed E-state index contributed by atoms with van der Waals surface area (Å²) in [5, 5.41) is 0. The summed E-state index contributed by atoms with van der Waals surface area (Å²) in [7, 11) is 0. The molecule has 0 aromatic heterocycles. The molecule has 0 aliphatic carbocycles. The molecule has 0 aromatic carbocycles. The lowest BCUT2D eigenvalue weighted by Gasteiger charge is -2.17. The molecule has 0 aliphatic rings. The number of carbonyl (C=O) groups excluding carboxylic acids is 3. The first-order valence-corrected chi connectivity index (χ1v) is 18.5. The van der Waals surface area contributed by atoms with Gasteiger partial charge in [0.15, 0.2) is 6.10 Å². The molecule has 0 aliphatic heterocycles. The molecule has 266 valence electrons. The molecule has 0 saturated carbocycles. The minimum absolute atomic E-state index is 0.147. The van der Waals surface area contributed by atoms with Crippen molar-refractivity contribution in [3.05, 3.63) is 72.9 Å². The van der Waals surface area contributed by atoms with E-state index in [9.17, 15) is 14.4 Å². The number of hydrogen-bond donors (Lipinski definition) is 0. The molecule has 0 radical (unpaired) electrons. The Morgan fingerprint density at radius 1 is 0.468 bits per heavy atom. The first-order valence-electron chi connectivity index (χ1n) is 18.5. The minimum atomic E-state index is -0.863. The van der Waals surface area contributed by atoms with Crippen LogP contribution in [-0.4, -0.2) is 37.2 Å². The number of hydrogen-bond acceptors (Lipinski definition) is 6. The highest BCUT2D eigenvalue weighted by Gasteiger charge is 2.18. The quantitative estimate of drug-likeness (QED) is 0.0243. The molecule has 0 aromatic rings. The molecule has 6 nitrogen and oxygen atoms in total. The maximum absolute atomic E-state index is 12.4. The highest BCUT2D eigenvalue weighted by molar-refractivity contribution is 5.82. The summed E-state index contributed by atoms with van der Waals surface area (Å²) in [5.41, 5.74) is 0. The first kappa shape index (κ1) is 43.9. The van der Waals surface area contributed by atoms with Crippen molar-refractivity contribution < 1.29 is 28.6 Å². The second-order valence-electron chi connectivity index (χ2n) is 12.0. The van der Waals surface area contributed by atoms with Gasteiger partial charge in [0.05, 0.1) is 0 Å². The van der Waals surface area contributed by atoms with Crippen LogP contribution in [0.4, 0.5) is 0 Å². The molecule has 0 bridgehead atoms. The zero-order valence-corrected chi connectivity index (χ0v) is 30.0. The molecule has 0 spiro atoms. The number of ether oxygens (including phenoxy) is 3. The van der Waals surface area contributed by atoms with Gasteiger partial charge in [0.2, 0.25) is 0 Å². The van der Waals surface area contributed by atoms with Crippen LogP contribution in [0.2, 0.25) is 0 Å². The van der Waals surface area contributed by atoms with Crippen LogP contribution in [0.5, 0.6) is 0 Å². The fourth-order valence-corrected chi connectivity index (χ4v) is 4.62. The van der Waals surface area contributed by atoms with Crippen LogP contribution in [0.3, 0.4) is 0 Å². The van der Waals surface area contributed by atoms with Crippen molar-refractivity contribution in [3.8, 4) is 0 Å². The van der Waals surface area contributed by atoms with Gasteiger partial charge in [-0.15, -0.1) is 0 Å². The van der Waals surface area contributed by atoms with Crippen LogP contribution in [0.1, 0.15) is 149 Å². The number of carbonyl (C=O) groups is 3. The van der Waals surface area contributed by atoms with Crippen LogP contribution in [0, 0.1) is 0 Å². The van der Waals surface area contributed by atoms with Crippen LogP contribution in [-0.2, 0) is 28.6 Å². The van der Waals surface area contributed by atoms with Gasteiger partial charge in [0.25, 0.3) is 0 Å². The van der Waals surface area contributed by atoms with E-state index in [1.54, 1.807) is 12.2 Å². The molecular weight excluding hydrogens is 588 g/mol. The Kier molecular flexibility index (Phi) is 33.3. The smallest absolute Gasteiger partial charge is 0.331 e. The predicted molar refractivity (Wildman–Crippen MR) is 196 cm³/mol. The van der Waals surface area contributed by atoms with E-state index in [1.807, 2.05) is 42.5 Å². The van der Waals surface area contributed by atoms with Crippen LogP contribution in [0.15, 0.2) is 72.9 Å². The van der Waals surface area contributed by atoms with Gasteiger partial charge in [0, 0.05) is 18.9 Å². The summed E-state index contributed by atoms with van der Waals surface area (Å²) in [5.74, 6) is -1.27. The molecule has 0 atom stereocenters. The van der Waals surface area contributed by atoms with E-state index in [4.69, 9.17) is 14.2 Å². The second kappa shape index (κ2) is 35.7. The SMILES string of the molecule is CCCCCCCCCC=CC=CC=CC=CC=CC=CC(=O)OC(COC(=O)CCCCCCC)COC(=O)CCCCCCC. The Morgan fingerprint density at radius 3 is 1.32 bits per heavy atom. The van der Waals surface area contributed by atoms with Crippen molar-refractivity contribution in [1.82, 2.24) is 0 Å². The monoisotopic (exact) mass is 654 g/mol. The molecule has 0 unspecified atom stereocenters. The molecular formula is C41H66O6. The maximum atomic E-state index is 12.4. The topological polar surface area (TPSA) is 78.9 Å². The molecule has 47 heavy (non-hydrogen) atoms. The summed E-state index contributed by atoms with van der Waals surface area (Å²) >= 11 is 0. The Labute approximate surface area is 287 Å². The number of allylic oxidation sites excluding steroid dienone is 11. The van der Waals surface area contributed by atoms with Gasteiger partial charge >= 0.3 is 17.9 Å². The van der Waals surface area contributed by atoms with Crippen LogP contribution >= 0.6 is 0 Å². The van der Waals surface area contributed by atoms with Crippen molar-refractivity contribution in [2.24, 2.45) is 0 Å². The maximum Gasteiger partial charge on any atom is 0.331 e. The lowest BCUT2D eigenvalue weighted by atomic mass is 10.1. The van der Waals surface area contributed by atoms with Crippen molar-refractivity contribution in [1.29, 1.82) is 0 Å². The zero-order valence-electron chi connectivity index (χ0n) is 30.0. The summed E-state index contributed by atoms with van der Waals surface area (Å²) < 4.78 is 16.1. The lowest BCUT2D eigenvalue weighted by Crippen LogP contribution is -2.30. The summed E-state index contributed by atoms with van der Waals surface area (Å²) in [6.07, 6.45) is 43.0. The molecule has 0 amide bonds. The highest BCUT2D eigenvalue weighted by Crippen LogP contribution is 2.10. The van der Waals surface area contributed by atoms with Gasteiger partial charge in [0.1, 0.15) is 13.2 Å². The molecule has 0 N–H and O–H groups in total. The van der Waals surface area contributed by atoms with Gasteiger partial charge in [-0.2, -0.15) is 0 Å². The van der Waals surface area contributed by atoms with E-state index in [-0.39, 0.29) is 25.2 Å². The van der Waals surface area contributed by atoms with Crippen LogP contribution in [0.25, 0.3) is 0 Å².